The molecule has 0 aliphatic rings. The summed E-state index contributed by atoms with van der Waals surface area (Å²) in [6.45, 7) is 2.63. The van der Waals surface area contributed by atoms with E-state index in [0.717, 1.165) is 16.2 Å². The van der Waals surface area contributed by atoms with E-state index in [1.807, 2.05) is 25.1 Å². The van der Waals surface area contributed by atoms with Gasteiger partial charge in [0, 0.05) is 16.9 Å². The lowest BCUT2D eigenvalue weighted by Crippen LogP contribution is -2.01. The highest BCUT2D eigenvalue weighted by molar-refractivity contribution is 9.09. The molecule has 0 spiro atoms. The fourth-order valence-corrected chi connectivity index (χ4v) is 1.54. The molecule has 0 bridgehead atoms. The SMILES string of the molecule is Cc1cccc2nc(OCCBr)ncc12. The first kappa shape index (κ1) is 10.4. The van der Waals surface area contributed by atoms with Crippen LogP contribution in [-0.2, 0) is 0 Å². The van der Waals surface area contributed by atoms with Gasteiger partial charge in [-0.15, -0.1) is 0 Å². The van der Waals surface area contributed by atoms with E-state index in [9.17, 15) is 0 Å². The number of hydrogen-bond donors (Lipinski definition) is 0. The Kier molecular flexibility index (Phi) is 3.16. The molecule has 0 fully saturated rings. The summed E-state index contributed by atoms with van der Waals surface area (Å²) >= 11 is 3.29. The van der Waals surface area contributed by atoms with Crippen molar-refractivity contribution in [3.05, 3.63) is 30.0 Å². The number of benzene rings is 1. The van der Waals surface area contributed by atoms with Crippen LogP contribution in [0.5, 0.6) is 6.01 Å². The van der Waals surface area contributed by atoms with Crippen LogP contribution in [0, 0.1) is 6.92 Å². The lowest BCUT2D eigenvalue weighted by molar-refractivity contribution is 0.318. The van der Waals surface area contributed by atoms with Gasteiger partial charge in [0.1, 0.15) is 6.61 Å². The van der Waals surface area contributed by atoms with E-state index in [1.54, 1.807) is 6.20 Å². The average molecular weight is 267 g/mol. The number of halogens is 1. The number of aryl methyl sites for hydroxylation is 1. The molecular weight excluding hydrogens is 256 g/mol. The summed E-state index contributed by atoms with van der Waals surface area (Å²) in [5.74, 6) is 0. The predicted molar refractivity (Wildman–Crippen MR) is 63.6 cm³/mol. The molecule has 1 aromatic heterocycles. The Labute approximate surface area is 96.6 Å². The molecule has 0 saturated heterocycles. The molecular formula is C11H11BrN2O. The van der Waals surface area contributed by atoms with Crippen LogP contribution in [0.25, 0.3) is 10.9 Å². The van der Waals surface area contributed by atoms with Gasteiger partial charge in [-0.2, -0.15) is 4.98 Å². The third kappa shape index (κ3) is 2.26. The van der Waals surface area contributed by atoms with Crippen LogP contribution >= 0.6 is 15.9 Å². The van der Waals surface area contributed by atoms with E-state index in [1.165, 1.54) is 5.56 Å². The van der Waals surface area contributed by atoms with Crippen molar-refractivity contribution in [1.29, 1.82) is 0 Å². The zero-order chi connectivity index (χ0) is 10.7. The van der Waals surface area contributed by atoms with Gasteiger partial charge in [-0.05, 0) is 18.6 Å². The maximum Gasteiger partial charge on any atom is 0.316 e. The molecule has 78 valence electrons. The van der Waals surface area contributed by atoms with Crippen molar-refractivity contribution in [2.45, 2.75) is 6.92 Å². The van der Waals surface area contributed by atoms with Gasteiger partial charge >= 0.3 is 6.01 Å². The van der Waals surface area contributed by atoms with Gasteiger partial charge in [0.15, 0.2) is 0 Å². The van der Waals surface area contributed by atoms with E-state index in [-0.39, 0.29) is 0 Å². The fourth-order valence-electron chi connectivity index (χ4n) is 1.38. The van der Waals surface area contributed by atoms with Gasteiger partial charge in [-0.3, -0.25) is 0 Å². The van der Waals surface area contributed by atoms with E-state index >= 15 is 0 Å². The largest absolute Gasteiger partial charge is 0.463 e. The summed E-state index contributed by atoms with van der Waals surface area (Å²) in [5, 5.41) is 1.85. The molecule has 0 atom stereocenters. The highest BCUT2D eigenvalue weighted by Crippen LogP contribution is 2.17. The van der Waals surface area contributed by atoms with E-state index in [2.05, 4.69) is 25.9 Å². The molecule has 1 aromatic carbocycles. The van der Waals surface area contributed by atoms with Gasteiger partial charge < -0.3 is 4.74 Å². The van der Waals surface area contributed by atoms with Crippen LogP contribution in [0.4, 0.5) is 0 Å². The monoisotopic (exact) mass is 266 g/mol. The summed E-state index contributed by atoms with van der Waals surface area (Å²) < 4.78 is 5.33. The van der Waals surface area contributed by atoms with Crippen molar-refractivity contribution >= 4 is 26.8 Å². The topological polar surface area (TPSA) is 35.0 Å². The maximum atomic E-state index is 5.33. The Bertz CT molecular complexity index is 473. The van der Waals surface area contributed by atoms with Gasteiger partial charge in [0.2, 0.25) is 0 Å². The van der Waals surface area contributed by atoms with Crippen LogP contribution in [0.15, 0.2) is 24.4 Å². The zero-order valence-corrected chi connectivity index (χ0v) is 9.99. The molecule has 0 saturated carbocycles. The van der Waals surface area contributed by atoms with Gasteiger partial charge in [-0.25, -0.2) is 4.98 Å². The quantitative estimate of drug-likeness (QED) is 0.802. The molecule has 15 heavy (non-hydrogen) atoms. The first-order valence-electron chi connectivity index (χ1n) is 4.72. The molecule has 0 aliphatic carbocycles. The number of alkyl halides is 1. The van der Waals surface area contributed by atoms with Crippen molar-refractivity contribution in [3.63, 3.8) is 0 Å². The second-order valence-electron chi connectivity index (χ2n) is 3.20. The number of fused-ring (bicyclic) bond motifs is 1. The summed E-state index contributed by atoms with van der Waals surface area (Å²) in [4.78, 5) is 8.47. The molecule has 2 rings (SSSR count). The van der Waals surface area contributed by atoms with Crippen molar-refractivity contribution in [2.24, 2.45) is 0 Å². The van der Waals surface area contributed by atoms with Gasteiger partial charge in [0.05, 0.1) is 5.52 Å². The number of rotatable bonds is 3. The number of aromatic nitrogens is 2. The molecule has 3 nitrogen and oxygen atoms in total. The van der Waals surface area contributed by atoms with Crippen LogP contribution < -0.4 is 4.74 Å². The lowest BCUT2D eigenvalue weighted by atomic mass is 10.1. The van der Waals surface area contributed by atoms with Crippen LogP contribution in [0.1, 0.15) is 5.56 Å². The molecule has 1 heterocycles. The lowest BCUT2D eigenvalue weighted by Gasteiger charge is -2.04. The number of ether oxygens (including phenoxy) is 1. The smallest absolute Gasteiger partial charge is 0.316 e. The third-order valence-corrected chi connectivity index (χ3v) is 2.45. The molecule has 0 unspecified atom stereocenters. The van der Waals surface area contributed by atoms with Gasteiger partial charge in [0.25, 0.3) is 0 Å². The first-order chi connectivity index (χ1) is 7.31. The summed E-state index contributed by atoms with van der Waals surface area (Å²) in [5.41, 5.74) is 2.11. The summed E-state index contributed by atoms with van der Waals surface area (Å²) in [6.07, 6.45) is 1.81. The Morgan fingerprint density at radius 3 is 3.07 bits per heavy atom. The fraction of sp³-hybridized carbons (Fsp3) is 0.273. The van der Waals surface area contributed by atoms with Crippen molar-refractivity contribution in [1.82, 2.24) is 9.97 Å². The number of hydrogen-bond acceptors (Lipinski definition) is 3. The molecule has 2 aromatic rings. The van der Waals surface area contributed by atoms with Crippen molar-refractivity contribution in [2.75, 3.05) is 11.9 Å². The standard InChI is InChI=1S/C11H11BrN2O/c1-8-3-2-4-10-9(8)7-13-11(14-10)15-6-5-12/h2-4,7H,5-6H2,1H3. The zero-order valence-electron chi connectivity index (χ0n) is 8.40. The second kappa shape index (κ2) is 4.57. The first-order valence-corrected chi connectivity index (χ1v) is 5.84. The second-order valence-corrected chi connectivity index (χ2v) is 3.99. The van der Waals surface area contributed by atoms with E-state index < -0.39 is 0 Å². The normalized spacial score (nSPS) is 10.5. The molecule has 0 N–H and O–H groups in total. The van der Waals surface area contributed by atoms with Crippen molar-refractivity contribution < 1.29 is 4.74 Å². The van der Waals surface area contributed by atoms with Gasteiger partial charge in [-0.1, -0.05) is 28.1 Å². The summed E-state index contributed by atoms with van der Waals surface area (Å²) in [7, 11) is 0. The minimum absolute atomic E-state index is 0.438. The highest BCUT2D eigenvalue weighted by atomic mass is 79.9. The number of nitrogens with zero attached hydrogens (tertiary/aromatic N) is 2. The van der Waals surface area contributed by atoms with E-state index in [0.29, 0.717) is 12.6 Å². The molecule has 0 radical (unpaired) electrons. The summed E-state index contributed by atoms with van der Waals surface area (Å²) in [6, 6.07) is 6.43. The minimum Gasteiger partial charge on any atom is -0.463 e. The van der Waals surface area contributed by atoms with E-state index in [4.69, 9.17) is 4.74 Å². The minimum atomic E-state index is 0.438. The van der Waals surface area contributed by atoms with Crippen molar-refractivity contribution in [3.8, 4) is 6.01 Å². The average Bonchev–Trinajstić information content (AvgIpc) is 2.26. The predicted octanol–water partition coefficient (Wildman–Crippen LogP) is 2.71. The van der Waals surface area contributed by atoms with Crippen LogP contribution in [0.2, 0.25) is 0 Å². The third-order valence-electron chi connectivity index (χ3n) is 2.13. The Balaban J connectivity index is 2.39. The molecule has 0 amide bonds. The molecule has 0 aliphatic heterocycles. The Morgan fingerprint density at radius 2 is 2.27 bits per heavy atom. The highest BCUT2D eigenvalue weighted by Gasteiger charge is 2.01. The maximum absolute atomic E-state index is 5.33. The Morgan fingerprint density at radius 1 is 1.40 bits per heavy atom. The van der Waals surface area contributed by atoms with Crippen LogP contribution in [-0.4, -0.2) is 21.9 Å². The van der Waals surface area contributed by atoms with Crippen LogP contribution in [0.3, 0.4) is 0 Å². The Hall–Kier alpha value is -1.16. The molecule has 4 heteroatoms.